The van der Waals surface area contributed by atoms with E-state index in [0.717, 1.165) is 31.1 Å². The number of aliphatic carboxylic acids is 1. The highest BCUT2D eigenvalue weighted by Gasteiger charge is 2.32. The minimum absolute atomic E-state index is 0.643. The zero-order valence-electron chi connectivity index (χ0n) is 11.6. The second-order valence-corrected chi connectivity index (χ2v) is 5.72. The number of nitrogens with zero attached hydrogens (tertiary/aromatic N) is 2. The number of anilines is 1. The lowest BCUT2D eigenvalue weighted by Crippen LogP contribution is -2.29. The van der Waals surface area contributed by atoms with Crippen molar-refractivity contribution in [3.8, 4) is 0 Å². The van der Waals surface area contributed by atoms with Crippen LogP contribution in [0.25, 0.3) is 0 Å². The number of hydrogen-bond acceptors (Lipinski definition) is 4. The van der Waals surface area contributed by atoms with Crippen LogP contribution in [-0.2, 0) is 10.2 Å². The van der Waals surface area contributed by atoms with Crippen molar-refractivity contribution in [1.29, 1.82) is 0 Å². The van der Waals surface area contributed by atoms with E-state index in [-0.39, 0.29) is 0 Å². The summed E-state index contributed by atoms with van der Waals surface area (Å²) < 4.78 is 0. The number of rotatable bonds is 7. The van der Waals surface area contributed by atoms with Crippen LogP contribution in [0.2, 0.25) is 0 Å². The molecule has 5 heteroatoms. The average molecular weight is 270 g/mol. The Balaban J connectivity index is 2.87. The molecule has 102 valence electrons. The molecule has 0 amide bonds. The number of aromatic nitrogens is 1. The van der Waals surface area contributed by atoms with Crippen LogP contribution in [0.4, 0.5) is 5.13 Å². The van der Waals surface area contributed by atoms with Gasteiger partial charge in [0, 0.05) is 18.5 Å². The maximum Gasteiger partial charge on any atom is 0.315 e. The summed E-state index contributed by atoms with van der Waals surface area (Å²) >= 11 is 1.53. The lowest BCUT2D eigenvalue weighted by atomic mass is 9.90. The first-order valence-electron chi connectivity index (χ1n) is 6.37. The fourth-order valence-corrected chi connectivity index (χ4v) is 2.63. The quantitative estimate of drug-likeness (QED) is 0.827. The lowest BCUT2D eigenvalue weighted by molar-refractivity contribution is -0.142. The van der Waals surface area contributed by atoms with Crippen molar-refractivity contribution in [2.45, 2.75) is 46.0 Å². The van der Waals surface area contributed by atoms with Gasteiger partial charge < -0.3 is 10.0 Å². The topological polar surface area (TPSA) is 53.4 Å². The van der Waals surface area contributed by atoms with Gasteiger partial charge in [0.1, 0.15) is 5.41 Å². The fraction of sp³-hybridized carbons (Fsp3) is 0.692. The molecule has 18 heavy (non-hydrogen) atoms. The van der Waals surface area contributed by atoms with Gasteiger partial charge in [0.25, 0.3) is 0 Å². The van der Waals surface area contributed by atoms with Crippen LogP contribution in [0.3, 0.4) is 0 Å². The van der Waals surface area contributed by atoms with Crippen LogP contribution in [-0.4, -0.2) is 29.1 Å². The summed E-state index contributed by atoms with van der Waals surface area (Å²) in [7, 11) is 0. The van der Waals surface area contributed by atoms with E-state index >= 15 is 0 Å². The molecule has 1 aromatic heterocycles. The minimum atomic E-state index is -0.918. The van der Waals surface area contributed by atoms with Crippen LogP contribution in [0.15, 0.2) is 5.38 Å². The molecule has 1 rings (SSSR count). The van der Waals surface area contributed by atoms with Crippen LogP contribution < -0.4 is 4.90 Å². The molecule has 1 N–H and O–H groups in total. The first-order chi connectivity index (χ1) is 8.43. The smallest absolute Gasteiger partial charge is 0.315 e. The van der Waals surface area contributed by atoms with Gasteiger partial charge >= 0.3 is 5.97 Å². The van der Waals surface area contributed by atoms with Crippen LogP contribution in [0.1, 0.15) is 46.2 Å². The van der Waals surface area contributed by atoms with E-state index in [1.807, 2.05) is 5.38 Å². The molecular weight excluding hydrogens is 248 g/mol. The zero-order valence-corrected chi connectivity index (χ0v) is 12.4. The Bertz CT molecular complexity index is 401. The number of carboxylic acid groups (broad SMARTS) is 1. The van der Waals surface area contributed by atoms with Crippen molar-refractivity contribution in [2.24, 2.45) is 0 Å². The maximum absolute atomic E-state index is 11.2. The van der Waals surface area contributed by atoms with Gasteiger partial charge in [0.2, 0.25) is 0 Å². The molecule has 0 aromatic carbocycles. The predicted octanol–water partition coefficient (Wildman–Crippen LogP) is 3.13. The number of thiazole rings is 1. The van der Waals surface area contributed by atoms with E-state index in [0.29, 0.717) is 5.69 Å². The Hall–Kier alpha value is -1.10. The van der Waals surface area contributed by atoms with Gasteiger partial charge in [-0.15, -0.1) is 11.3 Å². The number of unbranched alkanes of at least 4 members (excludes halogenated alkanes) is 1. The van der Waals surface area contributed by atoms with Crippen molar-refractivity contribution >= 4 is 22.4 Å². The monoisotopic (exact) mass is 270 g/mol. The van der Waals surface area contributed by atoms with Gasteiger partial charge in [-0.2, -0.15) is 0 Å². The molecule has 0 bridgehead atoms. The molecule has 4 nitrogen and oxygen atoms in total. The van der Waals surface area contributed by atoms with Crippen LogP contribution in [0, 0.1) is 0 Å². The first-order valence-corrected chi connectivity index (χ1v) is 7.25. The highest BCUT2D eigenvalue weighted by atomic mass is 32.1. The third kappa shape index (κ3) is 3.22. The summed E-state index contributed by atoms with van der Waals surface area (Å²) in [4.78, 5) is 17.9. The normalized spacial score (nSPS) is 11.6. The third-order valence-electron chi connectivity index (χ3n) is 3.10. The Morgan fingerprint density at radius 1 is 1.50 bits per heavy atom. The van der Waals surface area contributed by atoms with Gasteiger partial charge in [-0.1, -0.05) is 13.3 Å². The Kier molecular flexibility index (Phi) is 5.14. The second kappa shape index (κ2) is 6.18. The number of carboxylic acids is 1. The Morgan fingerprint density at radius 2 is 2.17 bits per heavy atom. The maximum atomic E-state index is 11.2. The fourth-order valence-electron chi connectivity index (χ4n) is 1.54. The van der Waals surface area contributed by atoms with E-state index in [4.69, 9.17) is 0 Å². The molecule has 0 spiro atoms. The molecule has 0 saturated carbocycles. The Labute approximate surface area is 113 Å². The van der Waals surface area contributed by atoms with Gasteiger partial charge in [-0.05, 0) is 27.2 Å². The summed E-state index contributed by atoms with van der Waals surface area (Å²) in [6.07, 6.45) is 2.28. The molecule has 0 aliphatic rings. The molecule has 0 aliphatic carbocycles. The molecule has 0 fully saturated rings. The van der Waals surface area contributed by atoms with Crippen molar-refractivity contribution < 1.29 is 9.90 Å². The summed E-state index contributed by atoms with van der Waals surface area (Å²) in [6, 6.07) is 0. The predicted molar refractivity (Wildman–Crippen MR) is 75.6 cm³/mol. The molecule has 0 radical (unpaired) electrons. The largest absolute Gasteiger partial charge is 0.481 e. The van der Waals surface area contributed by atoms with Crippen LogP contribution >= 0.6 is 11.3 Å². The van der Waals surface area contributed by atoms with Crippen molar-refractivity contribution in [1.82, 2.24) is 4.98 Å². The van der Waals surface area contributed by atoms with E-state index in [1.54, 1.807) is 13.8 Å². The van der Waals surface area contributed by atoms with Gasteiger partial charge in [-0.3, -0.25) is 4.79 Å². The van der Waals surface area contributed by atoms with E-state index in [2.05, 4.69) is 23.7 Å². The third-order valence-corrected chi connectivity index (χ3v) is 4.00. The van der Waals surface area contributed by atoms with E-state index in [1.165, 1.54) is 11.3 Å². The van der Waals surface area contributed by atoms with Gasteiger partial charge in [0.05, 0.1) is 5.69 Å². The van der Waals surface area contributed by atoms with Crippen molar-refractivity contribution in [2.75, 3.05) is 18.0 Å². The molecule has 0 aliphatic heterocycles. The van der Waals surface area contributed by atoms with E-state index in [9.17, 15) is 9.90 Å². The number of hydrogen-bond donors (Lipinski definition) is 1. The molecule has 0 atom stereocenters. The zero-order chi connectivity index (χ0) is 13.8. The molecule has 1 aromatic rings. The lowest BCUT2D eigenvalue weighted by Gasteiger charge is -2.20. The molecule has 0 unspecified atom stereocenters. The summed E-state index contributed by atoms with van der Waals surface area (Å²) in [6.45, 7) is 9.52. The molecule has 1 heterocycles. The van der Waals surface area contributed by atoms with Crippen LogP contribution in [0.5, 0.6) is 0 Å². The second-order valence-electron chi connectivity index (χ2n) is 4.88. The van der Waals surface area contributed by atoms with E-state index < -0.39 is 11.4 Å². The minimum Gasteiger partial charge on any atom is -0.481 e. The highest BCUT2D eigenvalue weighted by Crippen LogP contribution is 2.29. The average Bonchev–Trinajstić information content (AvgIpc) is 2.80. The van der Waals surface area contributed by atoms with Crippen molar-refractivity contribution in [3.63, 3.8) is 0 Å². The standard InChI is InChI=1S/C13H22N2O2S/c1-5-7-8-15(6-2)12-14-10(9-18-12)13(3,4)11(16)17/h9H,5-8H2,1-4H3,(H,16,17). The van der Waals surface area contributed by atoms with Crippen molar-refractivity contribution in [3.05, 3.63) is 11.1 Å². The Morgan fingerprint density at radius 3 is 2.67 bits per heavy atom. The molecule has 0 saturated heterocycles. The SMILES string of the molecule is CCCCN(CC)c1nc(C(C)(C)C(=O)O)cs1. The summed E-state index contributed by atoms with van der Waals surface area (Å²) in [5.74, 6) is -0.837. The number of carbonyl (C=O) groups is 1. The van der Waals surface area contributed by atoms with Gasteiger partial charge in [-0.25, -0.2) is 4.98 Å². The first kappa shape index (κ1) is 15.0. The highest BCUT2D eigenvalue weighted by molar-refractivity contribution is 7.13. The summed E-state index contributed by atoms with van der Waals surface area (Å²) in [5, 5.41) is 12.0. The van der Waals surface area contributed by atoms with Gasteiger partial charge in [0.15, 0.2) is 5.13 Å². The molecular formula is C13H22N2O2S. The summed E-state index contributed by atoms with van der Waals surface area (Å²) in [5.41, 5.74) is -0.274.